The van der Waals surface area contributed by atoms with Crippen molar-refractivity contribution in [2.75, 3.05) is 7.11 Å². The molecule has 51 heavy (non-hydrogen) atoms. The number of aryl methyl sites for hydroxylation is 1. The molecule has 2 fully saturated rings. The Balaban J connectivity index is 1.30. The molecule has 0 bridgehead atoms. The topological polar surface area (TPSA) is 54.8 Å². The fraction of sp³-hybridized carbons (Fsp3) is 0.462. The van der Waals surface area contributed by atoms with E-state index in [1.54, 1.807) is 7.11 Å². The largest absolute Gasteiger partial charge is 0.417 e. The predicted molar refractivity (Wildman–Crippen MR) is 185 cm³/mol. The van der Waals surface area contributed by atoms with Crippen LogP contribution < -0.4 is 0 Å². The Morgan fingerprint density at radius 1 is 0.980 bits per heavy atom. The number of hydrogen-bond donors (Lipinski definition) is 0. The number of rotatable bonds is 9. The normalized spacial score (nSPS) is 24.8. The molecule has 4 aliphatic rings. The number of fused-ring (bicyclic) bond motifs is 3. The van der Waals surface area contributed by atoms with Crippen molar-refractivity contribution >= 4 is 28.9 Å². The zero-order valence-corrected chi connectivity index (χ0v) is 29.1. The predicted octanol–water partition coefficient (Wildman–Crippen LogP) is 9.76. The maximum atomic E-state index is 15.3. The van der Waals surface area contributed by atoms with Gasteiger partial charge in [-0.05, 0) is 103 Å². The quantitative estimate of drug-likeness (QED) is 0.206. The number of hydrogen-bond acceptors (Lipinski definition) is 5. The molecule has 1 aromatic heterocycles. The van der Waals surface area contributed by atoms with Gasteiger partial charge in [-0.1, -0.05) is 61.5 Å². The second-order valence-electron chi connectivity index (χ2n) is 14.3. The fourth-order valence-corrected chi connectivity index (χ4v) is 9.18. The summed E-state index contributed by atoms with van der Waals surface area (Å²) in [5.41, 5.74) is 0.729. The molecule has 12 heteroatoms. The van der Waals surface area contributed by atoms with Crippen molar-refractivity contribution in [1.82, 2.24) is 9.88 Å². The number of thioether (sulfide) groups is 1. The van der Waals surface area contributed by atoms with E-state index in [0.29, 0.717) is 35.6 Å². The number of aromatic nitrogens is 1. The number of benzene rings is 2. The number of halogens is 6. The molecule has 1 aliphatic heterocycles. The van der Waals surface area contributed by atoms with Crippen LogP contribution in [0, 0.1) is 11.3 Å². The molecule has 2 aromatic carbocycles. The lowest BCUT2D eigenvalue weighted by atomic mass is 9.61. The number of carbonyl (C=O) groups is 1. The van der Waals surface area contributed by atoms with Gasteiger partial charge in [0, 0.05) is 24.5 Å². The third-order valence-corrected chi connectivity index (χ3v) is 12.2. The Kier molecular flexibility index (Phi) is 9.40. The summed E-state index contributed by atoms with van der Waals surface area (Å²) in [6.07, 6.45) is 1.09. The van der Waals surface area contributed by atoms with Crippen LogP contribution >= 0.6 is 11.8 Å². The highest BCUT2D eigenvalue weighted by molar-refractivity contribution is 8.13. The molecule has 0 N–H and O–H groups in total. The molecular formula is C39H39F6N3O2S. The van der Waals surface area contributed by atoms with Crippen molar-refractivity contribution in [3.8, 4) is 0 Å². The summed E-state index contributed by atoms with van der Waals surface area (Å²) in [6, 6.07) is 12.1. The SMILES string of the molecule is C=Cc1cc(C(F)(F)F)ccc1CSC1=NC2(C(=O)N1Cc1ccc(C(F)(F)F)cn1)c1cc(CCC3CC3)ccc1CC21CCC(OC)CC1. The van der Waals surface area contributed by atoms with E-state index in [2.05, 4.69) is 29.8 Å². The lowest BCUT2D eigenvalue weighted by Crippen LogP contribution is -2.51. The Labute approximate surface area is 297 Å². The van der Waals surface area contributed by atoms with Gasteiger partial charge in [0.05, 0.1) is 29.5 Å². The molecule has 3 aliphatic carbocycles. The summed E-state index contributed by atoms with van der Waals surface area (Å²) in [6.45, 7) is 3.61. The summed E-state index contributed by atoms with van der Waals surface area (Å²) in [4.78, 5) is 26.2. The van der Waals surface area contributed by atoms with Crippen LogP contribution in [-0.2, 0) is 52.6 Å². The van der Waals surface area contributed by atoms with Gasteiger partial charge < -0.3 is 4.74 Å². The van der Waals surface area contributed by atoms with Crippen molar-refractivity contribution in [3.05, 3.63) is 106 Å². The average Bonchev–Trinajstić information content (AvgIpc) is 3.85. The lowest BCUT2D eigenvalue weighted by molar-refractivity contribution is -0.139. The maximum Gasteiger partial charge on any atom is 0.417 e. The van der Waals surface area contributed by atoms with Crippen molar-refractivity contribution < 1.29 is 35.9 Å². The van der Waals surface area contributed by atoms with E-state index >= 15 is 4.79 Å². The molecular weight excluding hydrogens is 689 g/mol. The number of nitrogens with zero attached hydrogens (tertiary/aromatic N) is 3. The molecule has 1 amide bonds. The molecule has 1 unspecified atom stereocenters. The molecule has 5 nitrogen and oxygen atoms in total. The minimum Gasteiger partial charge on any atom is -0.381 e. The molecule has 0 radical (unpaired) electrons. The summed E-state index contributed by atoms with van der Waals surface area (Å²) in [5, 5.41) is 0.362. The number of amides is 1. The average molecular weight is 728 g/mol. The number of methoxy groups -OCH3 is 1. The first-order valence-corrected chi connectivity index (χ1v) is 18.3. The van der Waals surface area contributed by atoms with Crippen LogP contribution in [0.5, 0.6) is 0 Å². The standard InChI is InChI=1S/C39H39F6N3O2S/c1-3-26-19-29(38(40,41)42)11-10-28(26)23-51-35-47-37(34(49)48(35)22-31-13-12-30(21-46-31)39(43,44)45)33-18-25(7-6-24-4-5-24)8-9-27(33)20-36(37)16-14-32(50-2)15-17-36/h3,8-13,18-19,21,24,32H,1,4-7,14-17,20,22-23H2,2H3. The highest BCUT2D eigenvalue weighted by Crippen LogP contribution is 2.63. The smallest absolute Gasteiger partial charge is 0.381 e. The minimum atomic E-state index is -4.57. The van der Waals surface area contributed by atoms with Crippen LogP contribution in [0.4, 0.5) is 26.3 Å². The van der Waals surface area contributed by atoms with Crippen LogP contribution in [0.1, 0.15) is 89.6 Å². The van der Waals surface area contributed by atoms with Gasteiger partial charge >= 0.3 is 12.4 Å². The molecule has 2 heterocycles. The van der Waals surface area contributed by atoms with Crippen molar-refractivity contribution in [2.24, 2.45) is 16.3 Å². The lowest BCUT2D eigenvalue weighted by Gasteiger charge is -2.45. The Bertz CT molecular complexity index is 1840. The molecule has 2 spiro atoms. The van der Waals surface area contributed by atoms with Gasteiger partial charge in [0.1, 0.15) is 0 Å². The van der Waals surface area contributed by atoms with E-state index in [9.17, 15) is 26.3 Å². The number of carbonyl (C=O) groups excluding carboxylic acids is 1. The zero-order chi connectivity index (χ0) is 36.2. The molecule has 7 rings (SSSR count). The molecule has 270 valence electrons. The molecule has 2 saturated carbocycles. The van der Waals surface area contributed by atoms with E-state index in [0.717, 1.165) is 72.7 Å². The third-order valence-electron chi connectivity index (χ3n) is 11.2. The van der Waals surface area contributed by atoms with E-state index < -0.39 is 34.4 Å². The second kappa shape index (κ2) is 13.4. The Morgan fingerprint density at radius 2 is 1.71 bits per heavy atom. The van der Waals surface area contributed by atoms with E-state index in [4.69, 9.17) is 9.73 Å². The van der Waals surface area contributed by atoms with Gasteiger partial charge in [0.15, 0.2) is 10.7 Å². The molecule has 3 aromatic rings. The summed E-state index contributed by atoms with van der Waals surface area (Å²) >= 11 is 1.23. The van der Waals surface area contributed by atoms with Crippen molar-refractivity contribution in [3.63, 3.8) is 0 Å². The van der Waals surface area contributed by atoms with Crippen LogP contribution in [0.3, 0.4) is 0 Å². The minimum absolute atomic E-state index is 0.0595. The highest BCUT2D eigenvalue weighted by atomic mass is 32.2. The van der Waals surface area contributed by atoms with Crippen LogP contribution in [-0.4, -0.2) is 34.2 Å². The molecule has 0 saturated heterocycles. The summed E-state index contributed by atoms with van der Waals surface area (Å²) in [7, 11) is 1.69. The Morgan fingerprint density at radius 3 is 2.33 bits per heavy atom. The van der Waals surface area contributed by atoms with Gasteiger partial charge in [-0.15, -0.1) is 0 Å². The van der Waals surface area contributed by atoms with Gasteiger partial charge in [-0.2, -0.15) is 26.3 Å². The summed E-state index contributed by atoms with van der Waals surface area (Å²) in [5.74, 6) is 0.664. The summed E-state index contributed by atoms with van der Waals surface area (Å²) < 4.78 is 86.4. The van der Waals surface area contributed by atoms with Gasteiger partial charge in [0.25, 0.3) is 5.91 Å². The van der Waals surface area contributed by atoms with Crippen LogP contribution in [0.2, 0.25) is 0 Å². The first kappa shape index (κ1) is 35.7. The van der Waals surface area contributed by atoms with Crippen LogP contribution in [0.15, 0.2) is 66.3 Å². The monoisotopic (exact) mass is 727 g/mol. The van der Waals surface area contributed by atoms with E-state index in [1.807, 2.05) is 0 Å². The second-order valence-corrected chi connectivity index (χ2v) is 15.2. The molecule has 1 atom stereocenters. The van der Waals surface area contributed by atoms with Crippen molar-refractivity contribution in [2.45, 2.75) is 94.1 Å². The Hall–Kier alpha value is -3.64. The number of alkyl halides is 6. The van der Waals surface area contributed by atoms with Gasteiger partial charge in [-0.25, -0.2) is 4.99 Å². The van der Waals surface area contributed by atoms with Gasteiger partial charge in [0.2, 0.25) is 0 Å². The first-order valence-electron chi connectivity index (χ1n) is 17.3. The zero-order valence-electron chi connectivity index (χ0n) is 28.2. The number of pyridine rings is 1. The maximum absolute atomic E-state index is 15.3. The van der Waals surface area contributed by atoms with Gasteiger partial charge in [-0.3, -0.25) is 14.7 Å². The third kappa shape index (κ3) is 6.74. The number of aliphatic imine (C=N–C) groups is 1. The highest BCUT2D eigenvalue weighted by Gasteiger charge is 2.67. The van der Waals surface area contributed by atoms with E-state index in [1.165, 1.54) is 47.7 Å². The fourth-order valence-electron chi connectivity index (χ4n) is 8.13. The van der Waals surface area contributed by atoms with E-state index in [-0.39, 0.29) is 30.0 Å². The first-order chi connectivity index (χ1) is 24.3. The number of ether oxygens (including phenoxy) is 1. The van der Waals surface area contributed by atoms with Crippen LogP contribution in [0.25, 0.3) is 6.08 Å². The van der Waals surface area contributed by atoms with Crippen molar-refractivity contribution in [1.29, 1.82) is 0 Å². The number of amidine groups is 1.